The highest BCUT2D eigenvalue weighted by molar-refractivity contribution is 9.10. The molecular formula is C12H5BrClF3OS. The maximum absolute atomic E-state index is 12.8. The van der Waals surface area contributed by atoms with Crippen molar-refractivity contribution in [2.45, 2.75) is 6.18 Å². The van der Waals surface area contributed by atoms with Crippen LogP contribution in [-0.4, -0.2) is 5.78 Å². The number of benzene rings is 1. The fraction of sp³-hybridized carbons (Fsp3) is 0.0833. The van der Waals surface area contributed by atoms with E-state index in [0.29, 0.717) is 8.81 Å². The van der Waals surface area contributed by atoms with Crippen molar-refractivity contribution in [1.29, 1.82) is 0 Å². The van der Waals surface area contributed by atoms with E-state index in [1.165, 1.54) is 18.2 Å². The zero-order chi connectivity index (χ0) is 14.2. The Labute approximate surface area is 124 Å². The first-order valence-corrected chi connectivity index (χ1v) is 6.95. The van der Waals surface area contributed by atoms with Crippen molar-refractivity contribution in [3.63, 3.8) is 0 Å². The number of halogens is 5. The average molecular weight is 370 g/mol. The van der Waals surface area contributed by atoms with E-state index in [-0.39, 0.29) is 10.4 Å². The largest absolute Gasteiger partial charge is 0.417 e. The van der Waals surface area contributed by atoms with Gasteiger partial charge in [-0.3, -0.25) is 4.79 Å². The van der Waals surface area contributed by atoms with Crippen LogP contribution in [0.15, 0.2) is 34.8 Å². The number of rotatable bonds is 2. The second kappa shape index (κ2) is 5.26. The summed E-state index contributed by atoms with van der Waals surface area (Å²) in [5, 5.41) is 0. The molecule has 1 nitrogen and oxygen atoms in total. The molecule has 0 atom stereocenters. The molecule has 0 aliphatic carbocycles. The van der Waals surface area contributed by atoms with Gasteiger partial charge in [-0.2, -0.15) is 13.2 Å². The van der Waals surface area contributed by atoms with Gasteiger partial charge in [-0.25, -0.2) is 0 Å². The summed E-state index contributed by atoms with van der Waals surface area (Å²) in [6.07, 6.45) is -4.56. The van der Waals surface area contributed by atoms with Crippen molar-refractivity contribution in [3.8, 4) is 0 Å². The third-order valence-electron chi connectivity index (χ3n) is 2.35. The van der Waals surface area contributed by atoms with Crippen molar-refractivity contribution >= 4 is 44.7 Å². The van der Waals surface area contributed by atoms with E-state index >= 15 is 0 Å². The van der Waals surface area contributed by atoms with Crippen LogP contribution in [0.4, 0.5) is 13.2 Å². The monoisotopic (exact) mass is 368 g/mol. The number of thiophene rings is 1. The van der Waals surface area contributed by atoms with Gasteiger partial charge in [0.15, 0.2) is 0 Å². The van der Waals surface area contributed by atoms with E-state index < -0.39 is 17.5 Å². The van der Waals surface area contributed by atoms with E-state index in [4.69, 9.17) is 11.6 Å². The average Bonchev–Trinajstić information content (AvgIpc) is 2.68. The highest BCUT2D eigenvalue weighted by Crippen LogP contribution is 2.36. The molecule has 100 valence electrons. The van der Waals surface area contributed by atoms with E-state index in [0.717, 1.165) is 23.5 Å². The molecule has 0 saturated carbocycles. The summed E-state index contributed by atoms with van der Waals surface area (Å²) in [4.78, 5) is 12.3. The Balaban J connectivity index is 2.51. The van der Waals surface area contributed by atoms with Gasteiger partial charge in [0.2, 0.25) is 5.78 Å². The highest BCUT2D eigenvalue weighted by atomic mass is 79.9. The Morgan fingerprint density at radius 3 is 2.42 bits per heavy atom. The fourth-order valence-corrected chi connectivity index (χ4v) is 3.18. The van der Waals surface area contributed by atoms with Crippen molar-refractivity contribution in [3.05, 3.63) is 55.1 Å². The Bertz CT molecular complexity index is 617. The van der Waals surface area contributed by atoms with E-state index in [1.54, 1.807) is 0 Å². The first kappa shape index (κ1) is 14.6. The number of alkyl halides is 3. The lowest BCUT2D eigenvalue weighted by atomic mass is 10.0. The Hall–Kier alpha value is -0.850. The SMILES string of the molecule is O=C(c1cc(Br)c(Cl)s1)c1ccccc1C(F)(F)F. The minimum Gasteiger partial charge on any atom is -0.288 e. The first-order valence-electron chi connectivity index (χ1n) is 4.96. The maximum Gasteiger partial charge on any atom is 0.417 e. The molecular weight excluding hydrogens is 365 g/mol. The van der Waals surface area contributed by atoms with E-state index in [2.05, 4.69) is 15.9 Å². The van der Waals surface area contributed by atoms with Crippen LogP contribution < -0.4 is 0 Å². The number of hydrogen-bond acceptors (Lipinski definition) is 2. The normalized spacial score (nSPS) is 11.6. The minimum absolute atomic E-state index is 0.161. The molecule has 0 radical (unpaired) electrons. The third-order valence-corrected chi connectivity index (χ3v) is 4.82. The van der Waals surface area contributed by atoms with Crippen LogP contribution in [0.5, 0.6) is 0 Å². The molecule has 0 fully saturated rings. The molecule has 0 amide bonds. The van der Waals surface area contributed by atoms with E-state index in [1.807, 2.05) is 0 Å². The third kappa shape index (κ3) is 3.01. The molecule has 0 aliphatic heterocycles. The lowest BCUT2D eigenvalue weighted by molar-refractivity contribution is -0.137. The van der Waals surface area contributed by atoms with Gasteiger partial charge in [0.05, 0.1) is 10.4 Å². The molecule has 0 spiro atoms. The molecule has 1 aromatic heterocycles. The van der Waals surface area contributed by atoms with E-state index in [9.17, 15) is 18.0 Å². The molecule has 19 heavy (non-hydrogen) atoms. The number of carbonyl (C=O) groups excluding carboxylic acids is 1. The Morgan fingerprint density at radius 1 is 1.26 bits per heavy atom. The summed E-state index contributed by atoms with van der Waals surface area (Å²) in [5.74, 6) is -0.689. The molecule has 2 rings (SSSR count). The molecule has 0 aliphatic rings. The standard InChI is InChI=1S/C12H5BrClF3OS/c13-8-5-9(19-11(8)14)10(18)6-3-1-2-4-7(6)12(15,16)17/h1-5H. The van der Waals surface area contributed by atoms with Crippen LogP contribution in [0.25, 0.3) is 0 Å². The topological polar surface area (TPSA) is 17.1 Å². The van der Waals surface area contributed by atoms with Gasteiger partial charge in [0, 0.05) is 10.0 Å². The predicted molar refractivity (Wildman–Crippen MR) is 71.9 cm³/mol. The van der Waals surface area contributed by atoms with Crippen molar-refractivity contribution in [1.82, 2.24) is 0 Å². The zero-order valence-corrected chi connectivity index (χ0v) is 12.3. The van der Waals surface area contributed by atoms with Crippen LogP contribution in [0.2, 0.25) is 4.34 Å². The smallest absolute Gasteiger partial charge is 0.288 e. The van der Waals surface area contributed by atoms with Crippen LogP contribution in [-0.2, 0) is 6.18 Å². The lowest BCUT2D eigenvalue weighted by Crippen LogP contribution is -2.12. The molecule has 0 saturated heterocycles. The summed E-state index contributed by atoms with van der Waals surface area (Å²) < 4.78 is 39.3. The van der Waals surface area contributed by atoms with Crippen LogP contribution in [0.3, 0.4) is 0 Å². The van der Waals surface area contributed by atoms with Gasteiger partial charge >= 0.3 is 6.18 Å². The minimum atomic E-state index is -4.56. The highest BCUT2D eigenvalue weighted by Gasteiger charge is 2.35. The van der Waals surface area contributed by atoms with Gasteiger partial charge in [-0.05, 0) is 28.1 Å². The summed E-state index contributed by atoms with van der Waals surface area (Å²) in [5.41, 5.74) is -1.32. The second-order valence-electron chi connectivity index (χ2n) is 3.60. The van der Waals surface area contributed by atoms with Crippen molar-refractivity contribution in [2.24, 2.45) is 0 Å². The van der Waals surface area contributed by atoms with Gasteiger partial charge in [0.25, 0.3) is 0 Å². The lowest BCUT2D eigenvalue weighted by Gasteiger charge is -2.10. The molecule has 0 unspecified atom stereocenters. The zero-order valence-electron chi connectivity index (χ0n) is 9.09. The first-order chi connectivity index (χ1) is 8.80. The Morgan fingerprint density at radius 2 is 1.89 bits per heavy atom. The van der Waals surface area contributed by atoms with Crippen molar-refractivity contribution in [2.75, 3.05) is 0 Å². The summed E-state index contributed by atoms with van der Waals surface area (Å²) in [6.45, 7) is 0. The Kier molecular flexibility index (Phi) is 4.03. The second-order valence-corrected chi connectivity index (χ2v) is 6.11. The van der Waals surface area contributed by atoms with Gasteiger partial charge < -0.3 is 0 Å². The van der Waals surface area contributed by atoms with Crippen molar-refractivity contribution < 1.29 is 18.0 Å². The number of hydrogen-bond donors (Lipinski definition) is 0. The molecule has 0 bridgehead atoms. The predicted octanol–water partition coefficient (Wildman–Crippen LogP) is 5.41. The van der Waals surface area contributed by atoms with Gasteiger partial charge in [-0.1, -0.05) is 29.8 Å². The summed E-state index contributed by atoms with van der Waals surface area (Å²) in [7, 11) is 0. The van der Waals surface area contributed by atoms with Gasteiger partial charge in [-0.15, -0.1) is 11.3 Å². The van der Waals surface area contributed by atoms with Crippen LogP contribution in [0, 0.1) is 0 Å². The quantitative estimate of drug-likeness (QED) is 0.647. The molecule has 7 heteroatoms. The summed E-state index contributed by atoms with van der Waals surface area (Å²) in [6, 6.07) is 6.11. The van der Waals surface area contributed by atoms with Crippen LogP contribution >= 0.6 is 38.9 Å². The fourth-order valence-electron chi connectivity index (χ4n) is 1.52. The summed E-state index contributed by atoms with van der Waals surface area (Å²) >= 11 is 9.85. The van der Waals surface area contributed by atoms with Crippen LogP contribution in [0.1, 0.15) is 20.8 Å². The number of ketones is 1. The molecule has 2 aromatic rings. The molecule has 1 heterocycles. The molecule has 0 N–H and O–H groups in total. The van der Waals surface area contributed by atoms with Gasteiger partial charge in [0.1, 0.15) is 4.34 Å². The molecule has 1 aromatic carbocycles. The maximum atomic E-state index is 12.8. The number of carbonyl (C=O) groups is 1.